The standard InChI is InChI=1S/C16H30N2O3/c1-12-7-5-6-8-13(12)17-14(19)11-18(16(2,3)4)10-9-15(20)21/h12-13H,5-11H2,1-4H3,(H,17,19)(H,20,21). The summed E-state index contributed by atoms with van der Waals surface area (Å²) in [6.45, 7) is 8.87. The van der Waals surface area contributed by atoms with E-state index in [9.17, 15) is 9.59 Å². The van der Waals surface area contributed by atoms with Gasteiger partial charge < -0.3 is 10.4 Å². The number of nitrogens with zero attached hydrogens (tertiary/aromatic N) is 1. The highest BCUT2D eigenvalue weighted by atomic mass is 16.4. The van der Waals surface area contributed by atoms with Crippen molar-refractivity contribution < 1.29 is 14.7 Å². The van der Waals surface area contributed by atoms with E-state index in [0.717, 1.165) is 6.42 Å². The lowest BCUT2D eigenvalue weighted by molar-refractivity contribution is -0.138. The first-order valence-electron chi connectivity index (χ1n) is 7.96. The fraction of sp³-hybridized carbons (Fsp3) is 0.875. The third-order valence-electron chi connectivity index (χ3n) is 4.34. The summed E-state index contributed by atoms with van der Waals surface area (Å²) in [6, 6.07) is 0.271. The Bertz CT molecular complexity index is 363. The second kappa shape index (κ2) is 7.78. The smallest absolute Gasteiger partial charge is 0.304 e. The van der Waals surface area contributed by atoms with Gasteiger partial charge in [0.2, 0.25) is 5.91 Å². The Balaban J connectivity index is 2.52. The maximum absolute atomic E-state index is 12.3. The summed E-state index contributed by atoms with van der Waals surface area (Å²) in [7, 11) is 0. The zero-order valence-electron chi connectivity index (χ0n) is 13.8. The van der Waals surface area contributed by atoms with Crippen LogP contribution in [0.4, 0.5) is 0 Å². The van der Waals surface area contributed by atoms with Gasteiger partial charge >= 0.3 is 5.97 Å². The van der Waals surface area contributed by atoms with Gasteiger partial charge in [-0.05, 0) is 39.5 Å². The largest absolute Gasteiger partial charge is 0.481 e. The monoisotopic (exact) mass is 298 g/mol. The first kappa shape index (κ1) is 18.0. The fourth-order valence-electron chi connectivity index (χ4n) is 2.84. The maximum Gasteiger partial charge on any atom is 0.304 e. The van der Waals surface area contributed by atoms with Crippen LogP contribution in [0.25, 0.3) is 0 Å². The molecule has 2 N–H and O–H groups in total. The summed E-state index contributed by atoms with van der Waals surface area (Å²) in [6.07, 6.45) is 4.71. The second-order valence-corrected chi connectivity index (χ2v) is 7.17. The molecule has 1 rings (SSSR count). The van der Waals surface area contributed by atoms with Gasteiger partial charge in [-0.1, -0.05) is 19.8 Å². The lowest BCUT2D eigenvalue weighted by Gasteiger charge is -2.36. The molecule has 0 aromatic heterocycles. The average Bonchev–Trinajstić information content (AvgIpc) is 2.35. The number of carbonyl (C=O) groups excluding carboxylic acids is 1. The molecule has 1 amide bonds. The number of nitrogens with one attached hydrogen (secondary N) is 1. The molecule has 0 aliphatic heterocycles. The van der Waals surface area contributed by atoms with Crippen LogP contribution in [-0.4, -0.2) is 46.6 Å². The van der Waals surface area contributed by atoms with Gasteiger partial charge in [0.1, 0.15) is 0 Å². The summed E-state index contributed by atoms with van der Waals surface area (Å²) in [5, 5.41) is 12.0. The minimum Gasteiger partial charge on any atom is -0.481 e. The number of aliphatic carboxylic acids is 1. The Morgan fingerprint density at radius 1 is 1.24 bits per heavy atom. The number of hydrogen-bond donors (Lipinski definition) is 2. The minimum absolute atomic E-state index is 0.00839. The van der Waals surface area contributed by atoms with Crippen LogP contribution in [-0.2, 0) is 9.59 Å². The van der Waals surface area contributed by atoms with Crippen LogP contribution < -0.4 is 5.32 Å². The van der Waals surface area contributed by atoms with Crippen LogP contribution in [0, 0.1) is 5.92 Å². The summed E-state index contributed by atoms with van der Waals surface area (Å²) < 4.78 is 0. The molecule has 0 radical (unpaired) electrons. The van der Waals surface area contributed by atoms with Gasteiger partial charge in [-0.15, -0.1) is 0 Å². The highest BCUT2D eigenvalue weighted by molar-refractivity contribution is 5.78. The van der Waals surface area contributed by atoms with Crippen molar-refractivity contribution >= 4 is 11.9 Å². The van der Waals surface area contributed by atoms with Crippen LogP contribution in [0.3, 0.4) is 0 Å². The summed E-state index contributed by atoms with van der Waals surface area (Å²) in [5.41, 5.74) is -0.217. The molecular weight excluding hydrogens is 268 g/mol. The molecule has 1 aliphatic carbocycles. The number of hydrogen-bond acceptors (Lipinski definition) is 3. The highest BCUT2D eigenvalue weighted by Crippen LogP contribution is 2.23. The summed E-state index contributed by atoms with van der Waals surface area (Å²) in [4.78, 5) is 24.9. The van der Waals surface area contributed by atoms with Crippen LogP contribution >= 0.6 is 0 Å². The third kappa shape index (κ3) is 6.46. The van der Waals surface area contributed by atoms with E-state index in [-0.39, 0.29) is 30.5 Å². The predicted molar refractivity (Wildman–Crippen MR) is 83.1 cm³/mol. The maximum atomic E-state index is 12.3. The zero-order valence-corrected chi connectivity index (χ0v) is 13.8. The van der Waals surface area contributed by atoms with Crippen molar-refractivity contribution in [2.75, 3.05) is 13.1 Å². The van der Waals surface area contributed by atoms with E-state index in [1.165, 1.54) is 19.3 Å². The zero-order chi connectivity index (χ0) is 16.0. The molecule has 0 saturated heterocycles. The van der Waals surface area contributed by atoms with Gasteiger partial charge in [0.15, 0.2) is 0 Å². The molecule has 0 aromatic rings. The molecule has 0 heterocycles. The molecule has 1 aliphatic rings. The number of amides is 1. The first-order valence-corrected chi connectivity index (χ1v) is 7.96. The third-order valence-corrected chi connectivity index (χ3v) is 4.34. The van der Waals surface area contributed by atoms with Crippen molar-refractivity contribution in [1.29, 1.82) is 0 Å². The number of carboxylic acid groups (broad SMARTS) is 1. The molecule has 5 heteroatoms. The van der Waals surface area contributed by atoms with Crippen LogP contribution in [0.15, 0.2) is 0 Å². The summed E-state index contributed by atoms with van der Waals surface area (Å²) >= 11 is 0. The van der Waals surface area contributed by atoms with Crippen molar-refractivity contribution in [1.82, 2.24) is 10.2 Å². The van der Waals surface area contributed by atoms with E-state index in [1.807, 2.05) is 25.7 Å². The number of carboxylic acids is 1. The topological polar surface area (TPSA) is 69.6 Å². The van der Waals surface area contributed by atoms with Crippen molar-refractivity contribution in [3.05, 3.63) is 0 Å². The molecule has 2 unspecified atom stereocenters. The van der Waals surface area contributed by atoms with Crippen molar-refractivity contribution in [3.63, 3.8) is 0 Å². The Morgan fingerprint density at radius 3 is 2.38 bits per heavy atom. The van der Waals surface area contributed by atoms with Gasteiger partial charge in [-0.3, -0.25) is 14.5 Å². The van der Waals surface area contributed by atoms with Crippen molar-refractivity contribution in [2.24, 2.45) is 5.92 Å². The van der Waals surface area contributed by atoms with E-state index in [0.29, 0.717) is 12.5 Å². The molecule has 0 bridgehead atoms. The van der Waals surface area contributed by atoms with Gasteiger partial charge in [0, 0.05) is 18.1 Å². The lowest BCUT2D eigenvalue weighted by Crippen LogP contribution is -2.50. The minimum atomic E-state index is -0.828. The Hall–Kier alpha value is -1.10. The number of carbonyl (C=O) groups is 2. The highest BCUT2D eigenvalue weighted by Gasteiger charge is 2.27. The lowest BCUT2D eigenvalue weighted by atomic mass is 9.86. The molecule has 21 heavy (non-hydrogen) atoms. The van der Waals surface area contributed by atoms with E-state index in [4.69, 9.17) is 5.11 Å². The molecule has 1 fully saturated rings. The normalized spacial score (nSPS) is 23.1. The van der Waals surface area contributed by atoms with Gasteiger partial charge in [0.05, 0.1) is 13.0 Å². The second-order valence-electron chi connectivity index (χ2n) is 7.17. The SMILES string of the molecule is CC1CCCCC1NC(=O)CN(CCC(=O)O)C(C)(C)C. The summed E-state index contributed by atoms with van der Waals surface area (Å²) in [5.74, 6) is -0.288. The van der Waals surface area contributed by atoms with Crippen LogP contribution in [0.5, 0.6) is 0 Å². The average molecular weight is 298 g/mol. The van der Waals surface area contributed by atoms with Crippen molar-refractivity contribution in [2.45, 2.75) is 71.4 Å². The van der Waals surface area contributed by atoms with E-state index in [2.05, 4.69) is 12.2 Å². The van der Waals surface area contributed by atoms with E-state index >= 15 is 0 Å². The molecular formula is C16H30N2O3. The van der Waals surface area contributed by atoms with Crippen LogP contribution in [0.1, 0.15) is 59.8 Å². The Morgan fingerprint density at radius 2 is 1.86 bits per heavy atom. The predicted octanol–water partition coefficient (Wildman–Crippen LogP) is 2.26. The molecule has 1 saturated carbocycles. The van der Waals surface area contributed by atoms with Crippen LogP contribution in [0.2, 0.25) is 0 Å². The van der Waals surface area contributed by atoms with Gasteiger partial charge in [-0.2, -0.15) is 0 Å². The van der Waals surface area contributed by atoms with Gasteiger partial charge in [0.25, 0.3) is 0 Å². The fourth-order valence-corrected chi connectivity index (χ4v) is 2.84. The molecule has 5 nitrogen and oxygen atoms in total. The Kier molecular flexibility index (Phi) is 6.65. The molecule has 2 atom stereocenters. The molecule has 122 valence electrons. The molecule has 0 aromatic carbocycles. The van der Waals surface area contributed by atoms with Crippen molar-refractivity contribution in [3.8, 4) is 0 Å². The molecule has 0 spiro atoms. The Labute approximate surface area is 128 Å². The number of rotatable bonds is 6. The quantitative estimate of drug-likeness (QED) is 0.789. The first-order chi connectivity index (χ1) is 9.70. The van der Waals surface area contributed by atoms with Gasteiger partial charge in [-0.25, -0.2) is 0 Å². The van der Waals surface area contributed by atoms with E-state index in [1.54, 1.807) is 0 Å². The van der Waals surface area contributed by atoms with E-state index < -0.39 is 5.97 Å².